The van der Waals surface area contributed by atoms with E-state index in [0.29, 0.717) is 18.1 Å². The van der Waals surface area contributed by atoms with E-state index in [4.69, 9.17) is 9.47 Å². The summed E-state index contributed by atoms with van der Waals surface area (Å²) in [4.78, 5) is 27.8. The van der Waals surface area contributed by atoms with Gasteiger partial charge in [-0.1, -0.05) is 0 Å². The molecule has 1 aliphatic heterocycles. The van der Waals surface area contributed by atoms with Crippen LogP contribution in [0.1, 0.15) is 42.5 Å². The van der Waals surface area contributed by atoms with Crippen molar-refractivity contribution in [3.63, 3.8) is 0 Å². The average molecular weight is 320 g/mol. The zero-order valence-electron chi connectivity index (χ0n) is 12.8. The first-order valence-electron chi connectivity index (χ1n) is 7.85. The SMILES string of the molecule is O=C(NC1(C(=O)O)CCOC1)c1ccc(OC2CCCC2)nc1. The van der Waals surface area contributed by atoms with Crippen LogP contribution in [0, 0.1) is 0 Å². The van der Waals surface area contributed by atoms with Gasteiger partial charge in [-0.05, 0) is 31.7 Å². The molecule has 23 heavy (non-hydrogen) atoms. The van der Waals surface area contributed by atoms with Crippen molar-refractivity contribution in [2.45, 2.75) is 43.7 Å². The standard InChI is InChI=1S/C16H20N2O5/c19-14(18-16(15(20)21)7-8-22-10-16)11-5-6-13(17-9-11)23-12-3-1-2-4-12/h5-6,9,12H,1-4,7-8,10H2,(H,18,19)(H,20,21). The molecule has 1 aliphatic carbocycles. The number of carbonyl (C=O) groups excluding carboxylic acids is 1. The number of carbonyl (C=O) groups is 2. The van der Waals surface area contributed by atoms with Crippen LogP contribution in [0.4, 0.5) is 0 Å². The predicted octanol–water partition coefficient (Wildman–Crippen LogP) is 1.38. The molecule has 1 unspecified atom stereocenters. The van der Waals surface area contributed by atoms with Crippen LogP contribution in [0.2, 0.25) is 0 Å². The molecule has 0 radical (unpaired) electrons. The molecule has 2 heterocycles. The maximum atomic E-state index is 12.3. The molecule has 3 rings (SSSR count). The number of hydrogen-bond acceptors (Lipinski definition) is 5. The minimum Gasteiger partial charge on any atom is -0.479 e. The highest BCUT2D eigenvalue weighted by Crippen LogP contribution is 2.23. The fourth-order valence-electron chi connectivity index (χ4n) is 2.94. The minimum absolute atomic E-state index is 0.0234. The summed E-state index contributed by atoms with van der Waals surface area (Å²) >= 11 is 0. The average Bonchev–Trinajstić information content (AvgIpc) is 3.20. The Kier molecular flexibility index (Phi) is 4.47. The quantitative estimate of drug-likeness (QED) is 0.850. The Balaban J connectivity index is 1.64. The van der Waals surface area contributed by atoms with Gasteiger partial charge in [0.05, 0.1) is 12.2 Å². The van der Waals surface area contributed by atoms with E-state index in [2.05, 4.69) is 10.3 Å². The van der Waals surface area contributed by atoms with Gasteiger partial charge < -0.3 is 19.9 Å². The van der Waals surface area contributed by atoms with Gasteiger partial charge in [0.25, 0.3) is 5.91 Å². The Hall–Kier alpha value is -2.15. The molecule has 2 N–H and O–H groups in total. The molecule has 1 amide bonds. The van der Waals surface area contributed by atoms with Gasteiger partial charge in [0, 0.05) is 25.3 Å². The van der Waals surface area contributed by atoms with Crippen molar-refractivity contribution in [1.29, 1.82) is 0 Å². The fourth-order valence-corrected chi connectivity index (χ4v) is 2.94. The first-order chi connectivity index (χ1) is 11.1. The van der Waals surface area contributed by atoms with Crippen LogP contribution in [0.5, 0.6) is 5.88 Å². The van der Waals surface area contributed by atoms with Gasteiger partial charge in [0.1, 0.15) is 6.10 Å². The number of rotatable bonds is 5. The second-order valence-electron chi connectivity index (χ2n) is 6.05. The summed E-state index contributed by atoms with van der Waals surface area (Å²) in [5, 5.41) is 11.9. The second kappa shape index (κ2) is 6.54. The second-order valence-corrected chi connectivity index (χ2v) is 6.05. The summed E-state index contributed by atoms with van der Waals surface area (Å²) in [5.41, 5.74) is -1.05. The molecule has 0 bridgehead atoms. The van der Waals surface area contributed by atoms with Crippen LogP contribution in [-0.4, -0.2) is 46.8 Å². The molecule has 1 saturated carbocycles. The zero-order valence-corrected chi connectivity index (χ0v) is 12.8. The maximum Gasteiger partial charge on any atom is 0.331 e. The zero-order chi connectivity index (χ0) is 16.3. The smallest absolute Gasteiger partial charge is 0.331 e. The summed E-state index contributed by atoms with van der Waals surface area (Å²) in [5.74, 6) is -1.07. The molecule has 124 valence electrons. The number of nitrogens with one attached hydrogen (secondary N) is 1. The number of ether oxygens (including phenoxy) is 2. The number of carboxylic acids is 1. The Bertz CT molecular complexity index is 575. The topological polar surface area (TPSA) is 97.8 Å². The van der Waals surface area contributed by atoms with E-state index in [1.807, 2.05) is 0 Å². The van der Waals surface area contributed by atoms with Gasteiger partial charge in [0.2, 0.25) is 5.88 Å². The summed E-state index contributed by atoms with van der Waals surface area (Å²) in [6.07, 6.45) is 6.27. The van der Waals surface area contributed by atoms with Crippen molar-refractivity contribution in [2.75, 3.05) is 13.2 Å². The normalized spacial score (nSPS) is 24.5. The lowest BCUT2D eigenvalue weighted by Crippen LogP contribution is -2.55. The number of aromatic nitrogens is 1. The van der Waals surface area contributed by atoms with Crippen molar-refractivity contribution in [3.8, 4) is 5.88 Å². The van der Waals surface area contributed by atoms with Crippen molar-refractivity contribution in [2.24, 2.45) is 0 Å². The van der Waals surface area contributed by atoms with Crippen LogP contribution in [0.3, 0.4) is 0 Å². The molecule has 2 fully saturated rings. The molecule has 7 heteroatoms. The highest BCUT2D eigenvalue weighted by atomic mass is 16.5. The van der Waals surface area contributed by atoms with Crippen molar-refractivity contribution in [1.82, 2.24) is 10.3 Å². The molecule has 2 aliphatic rings. The molecule has 7 nitrogen and oxygen atoms in total. The molecule has 0 spiro atoms. The molecule has 1 atom stereocenters. The van der Waals surface area contributed by atoms with Gasteiger partial charge in [0.15, 0.2) is 5.54 Å². The highest BCUT2D eigenvalue weighted by molar-refractivity contribution is 5.97. The monoisotopic (exact) mass is 320 g/mol. The molecule has 1 saturated heterocycles. The summed E-state index contributed by atoms with van der Waals surface area (Å²) in [6.45, 7) is 0.295. The Labute approximate surface area is 134 Å². The van der Waals surface area contributed by atoms with E-state index in [9.17, 15) is 14.7 Å². The van der Waals surface area contributed by atoms with Crippen LogP contribution >= 0.6 is 0 Å². The summed E-state index contributed by atoms with van der Waals surface area (Å²) in [7, 11) is 0. The molecule has 1 aromatic rings. The number of carboxylic acid groups (broad SMARTS) is 1. The first-order valence-corrected chi connectivity index (χ1v) is 7.85. The van der Waals surface area contributed by atoms with E-state index in [1.165, 1.54) is 19.0 Å². The van der Waals surface area contributed by atoms with Crippen molar-refractivity contribution < 1.29 is 24.2 Å². The van der Waals surface area contributed by atoms with Crippen molar-refractivity contribution in [3.05, 3.63) is 23.9 Å². The maximum absolute atomic E-state index is 12.3. The lowest BCUT2D eigenvalue weighted by Gasteiger charge is -2.23. The van der Waals surface area contributed by atoms with Crippen LogP contribution in [0.15, 0.2) is 18.3 Å². The number of hydrogen-bond donors (Lipinski definition) is 2. The summed E-state index contributed by atoms with van der Waals surface area (Å²) in [6, 6.07) is 3.24. The Morgan fingerprint density at radius 1 is 1.35 bits per heavy atom. The largest absolute Gasteiger partial charge is 0.479 e. The van der Waals surface area contributed by atoms with E-state index >= 15 is 0 Å². The third-order valence-electron chi connectivity index (χ3n) is 4.37. The summed E-state index contributed by atoms with van der Waals surface area (Å²) < 4.78 is 10.9. The van der Waals surface area contributed by atoms with E-state index < -0.39 is 17.4 Å². The Morgan fingerprint density at radius 2 is 2.13 bits per heavy atom. The number of pyridine rings is 1. The van der Waals surface area contributed by atoms with Gasteiger partial charge in [-0.15, -0.1) is 0 Å². The molecular weight excluding hydrogens is 300 g/mol. The number of amides is 1. The Morgan fingerprint density at radius 3 is 2.70 bits per heavy atom. The van der Waals surface area contributed by atoms with E-state index in [0.717, 1.165) is 12.8 Å². The minimum atomic E-state index is -1.35. The fraction of sp³-hybridized carbons (Fsp3) is 0.562. The number of aliphatic carboxylic acids is 1. The lowest BCUT2D eigenvalue weighted by molar-refractivity contribution is -0.144. The third kappa shape index (κ3) is 3.44. The van der Waals surface area contributed by atoms with Gasteiger partial charge in [-0.2, -0.15) is 0 Å². The van der Waals surface area contributed by atoms with Gasteiger partial charge in [-0.3, -0.25) is 4.79 Å². The lowest BCUT2D eigenvalue weighted by atomic mass is 9.98. The van der Waals surface area contributed by atoms with Gasteiger partial charge >= 0.3 is 5.97 Å². The van der Waals surface area contributed by atoms with Gasteiger partial charge in [-0.25, -0.2) is 9.78 Å². The molecule has 1 aromatic heterocycles. The van der Waals surface area contributed by atoms with Crippen LogP contribution in [0.25, 0.3) is 0 Å². The highest BCUT2D eigenvalue weighted by Gasteiger charge is 2.44. The van der Waals surface area contributed by atoms with Crippen LogP contribution in [-0.2, 0) is 9.53 Å². The van der Waals surface area contributed by atoms with Crippen molar-refractivity contribution >= 4 is 11.9 Å². The van der Waals surface area contributed by atoms with Crippen LogP contribution < -0.4 is 10.1 Å². The third-order valence-corrected chi connectivity index (χ3v) is 4.37. The molecular formula is C16H20N2O5. The number of nitrogens with zero attached hydrogens (tertiary/aromatic N) is 1. The predicted molar refractivity (Wildman–Crippen MR) is 80.4 cm³/mol. The van der Waals surface area contributed by atoms with E-state index in [-0.39, 0.29) is 19.1 Å². The molecule has 0 aromatic carbocycles. The first kappa shape index (κ1) is 15.7. The van der Waals surface area contributed by atoms with E-state index in [1.54, 1.807) is 12.1 Å².